The molecule has 0 unspecified atom stereocenters. The lowest BCUT2D eigenvalue weighted by Crippen LogP contribution is -2.14. The van der Waals surface area contributed by atoms with E-state index in [2.05, 4.69) is 85.2 Å². The summed E-state index contributed by atoms with van der Waals surface area (Å²) in [4.78, 5) is 0. The molecule has 0 saturated heterocycles. The number of aromatic nitrogens is 1. The molecule has 0 radical (unpaired) electrons. The number of phenolic OH excluding ortho intramolecular Hbond substituents is 1. The lowest BCUT2D eigenvalue weighted by molar-refractivity contribution is 0.479. The van der Waals surface area contributed by atoms with Gasteiger partial charge in [0.15, 0.2) is 0 Å². The van der Waals surface area contributed by atoms with Gasteiger partial charge in [0.05, 0.1) is 5.52 Å². The third-order valence-corrected chi connectivity index (χ3v) is 6.75. The molecule has 2 aliphatic rings. The van der Waals surface area contributed by atoms with Crippen LogP contribution in [0.1, 0.15) is 42.7 Å². The molecule has 0 fully saturated rings. The fraction of sp³-hybridized carbons (Fsp3) is 0.185. The van der Waals surface area contributed by atoms with Gasteiger partial charge in [-0.1, -0.05) is 62.4 Å². The van der Waals surface area contributed by atoms with Gasteiger partial charge in [-0.2, -0.15) is 0 Å². The van der Waals surface area contributed by atoms with Crippen LogP contribution in [0.15, 0.2) is 66.7 Å². The minimum absolute atomic E-state index is 0.139. The standard InChI is InChI=1S/C27H23NO/c1-27(2)20-14-8-6-12-18(20)24-21(27)16-23(29)25-19-13-7-9-15-22(19)28(26(24)25)17-10-4-3-5-11-17/h3-6,8-12,14-16,29H,7,13H2,1-2H3. The number of fused-ring (bicyclic) bond motifs is 7. The predicted octanol–water partition coefficient (Wildman–Crippen LogP) is 6.60. The largest absolute Gasteiger partial charge is 0.507 e. The van der Waals surface area contributed by atoms with E-state index in [1.54, 1.807) is 0 Å². The van der Waals surface area contributed by atoms with Crippen LogP contribution in [0.3, 0.4) is 0 Å². The maximum atomic E-state index is 11.2. The molecule has 0 bridgehead atoms. The maximum absolute atomic E-state index is 11.2. The monoisotopic (exact) mass is 377 g/mol. The molecule has 3 aromatic carbocycles. The second-order valence-corrected chi connectivity index (χ2v) is 8.69. The van der Waals surface area contributed by atoms with Gasteiger partial charge in [-0.25, -0.2) is 0 Å². The molecule has 2 aliphatic carbocycles. The van der Waals surface area contributed by atoms with Crippen molar-refractivity contribution in [2.45, 2.75) is 32.1 Å². The highest BCUT2D eigenvalue weighted by Gasteiger charge is 2.39. The van der Waals surface area contributed by atoms with Crippen LogP contribution in [0.5, 0.6) is 5.75 Å². The zero-order valence-electron chi connectivity index (χ0n) is 16.7. The van der Waals surface area contributed by atoms with Gasteiger partial charge in [0.1, 0.15) is 5.75 Å². The molecule has 6 rings (SSSR count). The molecule has 0 saturated carbocycles. The summed E-state index contributed by atoms with van der Waals surface area (Å²) in [5.41, 5.74) is 9.69. The average molecular weight is 377 g/mol. The number of aromatic hydroxyl groups is 1. The molecule has 4 aromatic rings. The highest BCUT2D eigenvalue weighted by molar-refractivity contribution is 6.07. The molecular formula is C27H23NO. The van der Waals surface area contributed by atoms with E-state index in [1.165, 1.54) is 33.5 Å². The van der Waals surface area contributed by atoms with Crippen LogP contribution in [0, 0.1) is 0 Å². The van der Waals surface area contributed by atoms with E-state index in [0.29, 0.717) is 5.75 Å². The number of aryl methyl sites for hydroxylation is 1. The summed E-state index contributed by atoms with van der Waals surface area (Å²) in [6.07, 6.45) is 6.44. The SMILES string of the molecule is CC1(C)c2ccccc2-c2c1cc(O)c1c3c(n(-c4ccccc4)c21)C=CCC3. The second-order valence-electron chi connectivity index (χ2n) is 8.69. The Morgan fingerprint density at radius 2 is 1.69 bits per heavy atom. The van der Waals surface area contributed by atoms with Gasteiger partial charge in [0, 0.05) is 27.7 Å². The van der Waals surface area contributed by atoms with Crippen molar-refractivity contribution >= 4 is 17.0 Å². The lowest BCUT2D eigenvalue weighted by Gasteiger charge is -2.22. The Morgan fingerprint density at radius 1 is 0.931 bits per heavy atom. The van der Waals surface area contributed by atoms with Crippen LogP contribution in [-0.2, 0) is 11.8 Å². The van der Waals surface area contributed by atoms with Crippen molar-refractivity contribution in [3.63, 3.8) is 0 Å². The third-order valence-electron chi connectivity index (χ3n) is 6.75. The molecular weight excluding hydrogens is 354 g/mol. The number of phenols is 1. The van der Waals surface area contributed by atoms with Crippen LogP contribution in [0.2, 0.25) is 0 Å². The van der Waals surface area contributed by atoms with Crippen molar-refractivity contribution in [1.82, 2.24) is 4.57 Å². The van der Waals surface area contributed by atoms with Crippen molar-refractivity contribution in [2.24, 2.45) is 0 Å². The highest BCUT2D eigenvalue weighted by Crippen LogP contribution is 2.55. The summed E-state index contributed by atoms with van der Waals surface area (Å²) >= 11 is 0. The first-order valence-electron chi connectivity index (χ1n) is 10.3. The molecule has 1 aromatic heterocycles. The number of allylic oxidation sites excluding steroid dienone is 1. The Kier molecular flexibility index (Phi) is 3.24. The van der Waals surface area contributed by atoms with Crippen molar-refractivity contribution in [2.75, 3.05) is 0 Å². The van der Waals surface area contributed by atoms with E-state index >= 15 is 0 Å². The Balaban J connectivity index is 1.87. The molecule has 2 heteroatoms. The zero-order chi connectivity index (χ0) is 19.8. The van der Waals surface area contributed by atoms with Crippen LogP contribution < -0.4 is 0 Å². The molecule has 0 aliphatic heterocycles. The quantitative estimate of drug-likeness (QED) is 0.397. The minimum atomic E-state index is -0.139. The summed E-state index contributed by atoms with van der Waals surface area (Å²) in [6.45, 7) is 4.52. The molecule has 0 spiro atoms. The van der Waals surface area contributed by atoms with Crippen molar-refractivity contribution in [3.05, 3.63) is 89.1 Å². The van der Waals surface area contributed by atoms with Gasteiger partial charge < -0.3 is 9.67 Å². The maximum Gasteiger partial charge on any atom is 0.125 e. The topological polar surface area (TPSA) is 25.2 Å². The number of hydrogen-bond donors (Lipinski definition) is 1. The second kappa shape index (κ2) is 5.64. The Hall–Kier alpha value is -3.26. The number of para-hydroxylation sites is 1. The van der Waals surface area contributed by atoms with E-state index in [1.807, 2.05) is 6.07 Å². The molecule has 1 heterocycles. The first-order valence-corrected chi connectivity index (χ1v) is 10.3. The first-order chi connectivity index (χ1) is 14.1. The predicted molar refractivity (Wildman–Crippen MR) is 120 cm³/mol. The summed E-state index contributed by atoms with van der Waals surface area (Å²) in [6, 6.07) is 21.3. The smallest absolute Gasteiger partial charge is 0.125 e. The van der Waals surface area contributed by atoms with Crippen LogP contribution in [0.25, 0.3) is 33.8 Å². The third kappa shape index (κ3) is 2.06. The van der Waals surface area contributed by atoms with Crippen LogP contribution in [0.4, 0.5) is 0 Å². The van der Waals surface area contributed by atoms with E-state index < -0.39 is 0 Å². The number of nitrogens with zero attached hydrogens (tertiary/aromatic N) is 1. The molecule has 1 N–H and O–H groups in total. The fourth-order valence-corrected chi connectivity index (χ4v) is 5.41. The fourth-order valence-electron chi connectivity index (χ4n) is 5.41. The van der Waals surface area contributed by atoms with Crippen molar-refractivity contribution in [3.8, 4) is 22.6 Å². The molecule has 0 amide bonds. The Bertz CT molecular complexity index is 1320. The van der Waals surface area contributed by atoms with Crippen molar-refractivity contribution < 1.29 is 5.11 Å². The van der Waals surface area contributed by atoms with Gasteiger partial charge in [0.2, 0.25) is 0 Å². The van der Waals surface area contributed by atoms with Crippen LogP contribution in [-0.4, -0.2) is 9.67 Å². The van der Waals surface area contributed by atoms with Gasteiger partial charge in [-0.15, -0.1) is 0 Å². The van der Waals surface area contributed by atoms with E-state index in [0.717, 1.165) is 29.4 Å². The number of hydrogen-bond acceptors (Lipinski definition) is 1. The number of benzene rings is 3. The Morgan fingerprint density at radius 3 is 2.52 bits per heavy atom. The van der Waals surface area contributed by atoms with E-state index in [4.69, 9.17) is 0 Å². The summed E-state index contributed by atoms with van der Waals surface area (Å²) in [7, 11) is 0. The first kappa shape index (κ1) is 16.7. The highest BCUT2D eigenvalue weighted by atomic mass is 16.3. The van der Waals surface area contributed by atoms with Gasteiger partial charge in [0.25, 0.3) is 0 Å². The van der Waals surface area contributed by atoms with Crippen LogP contribution >= 0.6 is 0 Å². The Labute approximate surface area is 170 Å². The molecule has 29 heavy (non-hydrogen) atoms. The average Bonchev–Trinajstić information content (AvgIpc) is 3.20. The summed E-state index contributed by atoms with van der Waals surface area (Å²) in [5, 5.41) is 12.2. The van der Waals surface area contributed by atoms with E-state index in [9.17, 15) is 5.11 Å². The zero-order valence-corrected chi connectivity index (χ0v) is 16.7. The molecule has 142 valence electrons. The minimum Gasteiger partial charge on any atom is -0.507 e. The number of rotatable bonds is 1. The molecule has 0 atom stereocenters. The normalized spacial score (nSPS) is 15.9. The van der Waals surface area contributed by atoms with Gasteiger partial charge >= 0.3 is 0 Å². The van der Waals surface area contributed by atoms with Gasteiger partial charge in [-0.3, -0.25) is 0 Å². The van der Waals surface area contributed by atoms with Gasteiger partial charge in [-0.05, 0) is 59.4 Å². The lowest BCUT2D eigenvalue weighted by atomic mass is 9.82. The summed E-state index contributed by atoms with van der Waals surface area (Å²) in [5.74, 6) is 0.404. The van der Waals surface area contributed by atoms with Crippen molar-refractivity contribution in [1.29, 1.82) is 0 Å². The van der Waals surface area contributed by atoms with E-state index in [-0.39, 0.29) is 5.41 Å². The summed E-state index contributed by atoms with van der Waals surface area (Å²) < 4.78 is 2.36. The molecule has 2 nitrogen and oxygen atoms in total.